The normalized spacial score (nSPS) is 19.0. The maximum absolute atomic E-state index is 13.5. The Kier molecular flexibility index (Phi) is 6.79. The Bertz CT molecular complexity index is 1540. The van der Waals surface area contributed by atoms with Gasteiger partial charge in [0.15, 0.2) is 5.82 Å². The number of aromatic amines is 1. The Morgan fingerprint density at radius 1 is 1.13 bits per heavy atom. The van der Waals surface area contributed by atoms with E-state index < -0.39 is 11.0 Å². The molecule has 2 aromatic carbocycles. The zero-order chi connectivity index (χ0) is 26.9. The van der Waals surface area contributed by atoms with Gasteiger partial charge >= 0.3 is 0 Å². The van der Waals surface area contributed by atoms with Gasteiger partial charge in [0, 0.05) is 61.7 Å². The molecule has 4 heterocycles. The molecule has 12 heteroatoms. The molecule has 0 aliphatic carbocycles. The Morgan fingerprint density at radius 3 is 2.64 bits per heavy atom. The summed E-state index contributed by atoms with van der Waals surface area (Å²) in [6, 6.07) is 14.1. The number of pyridine rings is 1. The summed E-state index contributed by atoms with van der Waals surface area (Å²) in [6.07, 6.45) is 2.01. The number of tetrazole rings is 1. The number of aryl methyl sites for hydroxylation is 1. The van der Waals surface area contributed by atoms with E-state index in [2.05, 4.69) is 36.4 Å². The van der Waals surface area contributed by atoms with Crippen LogP contribution in [0.5, 0.6) is 0 Å². The Morgan fingerprint density at radius 2 is 1.92 bits per heavy atom. The molecule has 0 spiro atoms. The van der Waals surface area contributed by atoms with Gasteiger partial charge < -0.3 is 14.6 Å². The molecule has 0 saturated carbocycles. The number of benzene rings is 2. The van der Waals surface area contributed by atoms with Crippen molar-refractivity contribution in [3.05, 3.63) is 86.0 Å². The number of non-ortho nitro benzene ring substituents is 1. The number of nitro benzene ring substituents is 1. The van der Waals surface area contributed by atoms with E-state index >= 15 is 0 Å². The summed E-state index contributed by atoms with van der Waals surface area (Å²) < 4.78 is 7.63. The number of piperazine rings is 1. The van der Waals surface area contributed by atoms with Gasteiger partial charge in [0.1, 0.15) is 6.04 Å². The lowest BCUT2D eigenvalue weighted by Crippen LogP contribution is -2.49. The van der Waals surface area contributed by atoms with E-state index in [-0.39, 0.29) is 17.4 Å². The average Bonchev–Trinajstić information content (AvgIpc) is 3.63. The third-order valence-electron chi connectivity index (χ3n) is 7.63. The lowest BCUT2D eigenvalue weighted by atomic mass is 10.0. The minimum absolute atomic E-state index is 0.0458. The second-order valence-corrected chi connectivity index (χ2v) is 10.2. The number of fused-ring (bicyclic) bond motifs is 1. The molecule has 202 valence electrons. The number of H-pyrrole nitrogens is 1. The molecular weight excluding hydrogens is 500 g/mol. The standard InChI is InChI=1S/C27H30N8O4/c1-18-4-9-24-19(15-18)16-23(27(36)28-24)25(26-29-30-31-34(26)17-22-3-2-14-39-22)33-12-10-32(11-13-33)20-5-7-21(8-6-20)35(37)38/h4-9,15-16,22,25H,2-3,10-14,17H2,1H3,(H,28,36). The minimum atomic E-state index is -0.450. The first-order valence-corrected chi connectivity index (χ1v) is 13.2. The summed E-state index contributed by atoms with van der Waals surface area (Å²) in [5.41, 5.74) is 3.33. The van der Waals surface area contributed by atoms with Gasteiger partial charge in [0.25, 0.3) is 11.2 Å². The van der Waals surface area contributed by atoms with Gasteiger partial charge in [0.05, 0.1) is 17.6 Å². The zero-order valence-corrected chi connectivity index (χ0v) is 21.7. The Balaban J connectivity index is 1.33. The Hall–Kier alpha value is -4.16. The molecule has 0 amide bonds. The van der Waals surface area contributed by atoms with Crippen LogP contribution >= 0.6 is 0 Å². The maximum atomic E-state index is 13.5. The lowest BCUT2D eigenvalue weighted by molar-refractivity contribution is -0.384. The number of anilines is 1. The van der Waals surface area contributed by atoms with E-state index in [1.165, 1.54) is 12.1 Å². The number of hydrogen-bond donors (Lipinski definition) is 1. The van der Waals surface area contributed by atoms with E-state index in [0.717, 1.165) is 41.6 Å². The van der Waals surface area contributed by atoms with Crippen LogP contribution < -0.4 is 10.5 Å². The van der Waals surface area contributed by atoms with E-state index in [9.17, 15) is 14.9 Å². The fourth-order valence-electron chi connectivity index (χ4n) is 5.59. The van der Waals surface area contributed by atoms with E-state index in [4.69, 9.17) is 4.74 Å². The average molecular weight is 531 g/mol. The molecule has 39 heavy (non-hydrogen) atoms. The Labute approximate surface area is 224 Å². The van der Waals surface area contributed by atoms with Crippen molar-refractivity contribution in [2.75, 3.05) is 37.7 Å². The number of nitrogens with one attached hydrogen (secondary N) is 1. The molecule has 1 N–H and O–H groups in total. The summed E-state index contributed by atoms with van der Waals surface area (Å²) in [5.74, 6) is 0.617. The first-order valence-electron chi connectivity index (χ1n) is 13.2. The molecular formula is C27H30N8O4. The van der Waals surface area contributed by atoms with Crippen molar-refractivity contribution in [1.82, 2.24) is 30.1 Å². The number of aromatic nitrogens is 5. The first kappa shape index (κ1) is 25.1. The SMILES string of the molecule is Cc1ccc2[nH]c(=O)c(C(c3nnnn3CC3CCCO3)N3CCN(c4ccc([N+](=O)[O-])cc4)CC3)cc2c1. The van der Waals surface area contributed by atoms with Crippen molar-refractivity contribution in [1.29, 1.82) is 0 Å². The molecule has 2 aromatic heterocycles. The monoisotopic (exact) mass is 530 g/mol. The molecule has 0 bridgehead atoms. The highest BCUT2D eigenvalue weighted by Gasteiger charge is 2.33. The van der Waals surface area contributed by atoms with E-state index in [0.29, 0.717) is 44.1 Å². The van der Waals surface area contributed by atoms with Crippen LogP contribution in [-0.2, 0) is 11.3 Å². The summed E-state index contributed by atoms with van der Waals surface area (Å²) >= 11 is 0. The first-order chi connectivity index (χ1) is 19.0. The van der Waals surface area contributed by atoms with Crippen LogP contribution in [0.1, 0.15) is 35.8 Å². The fraction of sp³-hybridized carbons (Fsp3) is 0.407. The number of ether oxygens (including phenoxy) is 1. The van der Waals surface area contributed by atoms with Gasteiger partial charge in [-0.2, -0.15) is 0 Å². The summed E-state index contributed by atoms with van der Waals surface area (Å²) in [7, 11) is 0. The molecule has 12 nitrogen and oxygen atoms in total. The van der Waals surface area contributed by atoms with Crippen LogP contribution in [-0.4, -0.2) is 73.9 Å². The lowest BCUT2D eigenvalue weighted by Gasteiger charge is -2.39. The minimum Gasteiger partial charge on any atom is -0.376 e. The third-order valence-corrected chi connectivity index (χ3v) is 7.63. The van der Waals surface area contributed by atoms with Crippen LogP contribution in [0, 0.1) is 17.0 Å². The van der Waals surface area contributed by atoms with Crippen molar-refractivity contribution in [2.24, 2.45) is 0 Å². The fourth-order valence-corrected chi connectivity index (χ4v) is 5.59. The summed E-state index contributed by atoms with van der Waals surface area (Å²) in [6.45, 7) is 5.98. The van der Waals surface area contributed by atoms with Crippen LogP contribution in [0.25, 0.3) is 10.9 Å². The number of hydrogen-bond acceptors (Lipinski definition) is 9. The van der Waals surface area contributed by atoms with E-state index in [1.807, 2.05) is 25.1 Å². The molecule has 2 aliphatic rings. The van der Waals surface area contributed by atoms with Gasteiger partial charge in [-0.3, -0.25) is 19.8 Å². The number of nitro groups is 1. The molecule has 0 radical (unpaired) electrons. The third kappa shape index (κ3) is 5.12. The molecule has 2 fully saturated rings. The summed E-state index contributed by atoms with van der Waals surface area (Å²) in [4.78, 5) is 31.6. The van der Waals surface area contributed by atoms with E-state index in [1.54, 1.807) is 16.8 Å². The predicted molar refractivity (Wildman–Crippen MR) is 145 cm³/mol. The highest BCUT2D eigenvalue weighted by molar-refractivity contribution is 5.79. The largest absolute Gasteiger partial charge is 0.376 e. The number of nitrogens with zero attached hydrogens (tertiary/aromatic N) is 7. The molecule has 2 atom stereocenters. The van der Waals surface area contributed by atoms with Crippen molar-refractivity contribution in [3.63, 3.8) is 0 Å². The maximum Gasteiger partial charge on any atom is 0.269 e. The van der Waals surface area contributed by atoms with Crippen molar-refractivity contribution >= 4 is 22.3 Å². The van der Waals surface area contributed by atoms with Crippen LogP contribution in [0.15, 0.2) is 53.3 Å². The van der Waals surface area contributed by atoms with Crippen LogP contribution in [0.2, 0.25) is 0 Å². The summed E-state index contributed by atoms with van der Waals surface area (Å²) in [5, 5.41) is 24.7. The molecule has 2 unspecified atom stereocenters. The highest BCUT2D eigenvalue weighted by Crippen LogP contribution is 2.30. The van der Waals surface area contributed by atoms with Gasteiger partial charge in [-0.05, 0) is 65.9 Å². The quantitative estimate of drug-likeness (QED) is 0.283. The van der Waals surface area contributed by atoms with Crippen molar-refractivity contribution < 1.29 is 9.66 Å². The number of rotatable bonds is 7. The van der Waals surface area contributed by atoms with Gasteiger partial charge in [-0.15, -0.1) is 5.10 Å². The highest BCUT2D eigenvalue weighted by atomic mass is 16.6. The second kappa shape index (κ2) is 10.5. The van der Waals surface area contributed by atoms with Crippen LogP contribution in [0.3, 0.4) is 0 Å². The smallest absolute Gasteiger partial charge is 0.269 e. The molecule has 4 aromatic rings. The molecule has 2 aliphatic heterocycles. The topological polar surface area (TPSA) is 135 Å². The van der Waals surface area contributed by atoms with Crippen molar-refractivity contribution in [3.8, 4) is 0 Å². The van der Waals surface area contributed by atoms with Gasteiger partial charge in [0.2, 0.25) is 0 Å². The zero-order valence-electron chi connectivity index (χ0n) is 21.7. The predicted octanol–water partition coefficient (Wildman–Crippen LogP) is 2.82. The second-order valence-electron chi connectivity index (χ2n) is 10.2. The van der Waals surface area contributed by atoms with Gasteiger partial charge in [-0.1, -0.05) is 11.6 Å². The molecule has 2 saturated heterocycles. The van der Waals surface area contributed by atoms with Gasteiger partial charge in [-0.25, -0.2) is 4.68 Å². The van der Waals surface area contributed by atoms with Crippen molar-refractivity contribution in [2.45, 2.75) is 38.5 Å². The molecule has 6 rings (SSSR count). The van der Waals surface area contributed by atoms with Crippen LogP contribution in [0.4, 0.5) is 11.4 Å².